The third kappa shape index (κ3) is 9.28. The molecule has 2 amide bonds. The molecule has 1 aromatic carbocycles. The Morgan fingerprint density at radius 1 is 1.15 bits per heavy atom. The van der Waals surface area contributed by atoms with Crippen LogP contribution in [0, 0.1) is 6.92 Å². The highest BCUT2D eigenvalue weighted by molar-refractivity contribution is 6.31. The van der Waals surface area contributed by atoms with Crippen LogP contribution in [0.5, 0.6) is 0 Å². The number of hydrogen-bond donors (Lipinski definition) is 4. The van der Waals surface area contributed by atoms with Crippen molar-refractivity contribution >= 4 is 35.1 Å². The van der Waals surface area contributed by atoms with Gasteiger partial charge in [0.15, 0.2) is 5.96 Å². The molecule has 0 aliphatic rings. The first-order valence-corrected chi connectivity index (χ1v) is 9.38. The monoisotopic (exact) mass is 395 g/mol. The number of nitrogens with zero attached hydrogens (tertiary/aromatic N) is 1. The summed E-state index contributed by atoms with van der Waals surface area (Å²) in [6, 6.07) is 5.39. The van der Waals surface area contributed by atoms with Crippen LogP contribution in [0.15, 0.2) is 23.2 Å². The van der Waals surface area contributed by atoms with Crippen LogP contribution in [0.1, 0.15) is 39.7 Å². The van der Waals surface area contributed by atoms with Crippen LogP contribution in [0.2, 0.25) is 5.02 Å². The van der Waals surface area contributed by atoms with Crippen molar-refractivity contribution in [2.75, 3.05) is 25.0 Å². The number of carbonyl (C=O) groups excluding carboxylic acids is 2. The van der Waals surface area contributed by atoms with Gasteiger partial charge < -0.3 is 21.3 Å². The fraction of sp³-hybridized carbons (Fsp3) is 0.526. The Morgan fingerprint density at radius 2 is 1.85 bits per heavy atom. The van der Waals surface area contributed by atoms with Crippen molar-refractivity contribution in [3.63, 3.8) is 0 Å². The highest BCUT2D eigenvalue weighted by atomic mass is 35.5. The van der Waals surface area contributed by atoms with Crippen LogP contribution in [0.3, 0.4) is 0 Å². The average molecular weight is 396 g/mol. The molecule has 0 fully saturated rings. The van der Waals surface area contributed by atoms with E-state index in [4.69, 9.17) is 11.6 Å². The Morgan fingerprint density at radius 3 is 2.48 bits per heavy atom. The largest absolute Gasteiger partial charge is 0.357 e. The summed E-state index contributed by atoms with van der Waals surface area (Å²) in [5.74, 6) is 0.205. The quantitative estimate of drug-likeness (QED) is 0.421. The molecule has 0 aliphatic heterocycles. The van der Waals surface area contributed by atoms with Gasteiger partial charge in [-0.15, -0.1) is 0 Å². The summed E-state index contributed by atoms with van der Waals surface area (Å²) in [7, 11) is 0. The highest BCUT2D eigenvalue weighted by Gasteiger charge is 2.13. The van der Waals surface area contributed by atoms with E-state index in [0.29, 0.717) is 29.8 Å². The van der Waals surface area contributed by atoms with E-state index >= 15 is 0 Å². The zero-order valence-electron chi connectivity index (χ0n) is 16.7. The third-order valence-corrected chi connectivity index (χ3v) is 3.84. The minimum absolute atomic E-state index is 0.0144. The molecule has 0 unspecified atom stereocenters. The average Bonchev–Trinajstić information content (AvgIpc) is 2.55. The van der Waals surface area contributed by atoms with Crippen LogP contribution < -0.4 is 21.3 Å². The lowest BCUT2D eigenvalue weighted by atomic mass is 10.1. The molecular formula is C19H30ClN5O2. The van der Waals surface area contributed by atoms with Gasteiger partial charge in [0, 0.05) is 35.8 Å². The molecule has 0 bridgehead atoms. The summed E-state index contributed by atoms with van der Waals surface area (Å²) >= 11 is 6.06. The Bertz CT molecular complexity index is 683. The van der Waals surface area contributed by atoms with E-state index in [0.717, 1.165) is 5.56 Å². The first-order chi connectivity index (χ1) is 12.6. The maximum atomic E-state index is 12.1. The molecule has 0 aromatic heterocycles. The molecule has 1 rings (SSSR count). The number of anilines is 1. The summed E-state index contributed by atoms with van der Waals surface area (Å²) in [6.45, 7) is 10.6. The SMILES string of the molecule is CCNC(=NCC(=O)NC(C)(C)C)NCCC(=O)Nc1cccc(Cl)c1C. The van der Waals surface area contributed by atoms with Crippen LogP contribution in [0.25, 0.3) is 0 Å². The van der Waals surface area contributed by atoms with Gasteiger partial charge in [-0.05, 0) is 52.3 Å². The van der Waals surface area contributed by atoms with Crippen molar-refractivity contribution in [1.82, 2.24) is 16.0 Å². The molecule has 4 N–H and O–H groups in total. The van der Waals surface area contributed by atoms with Crippen molar-refractivity contribution in [3.8, 4) is 0 Å². The van der Waals surface area contributed by atoms with Gasteiger partial charge in [-0.3, -0.25) is 9.59 Å². The summed E-state index contributed by atoms with van der Waals surface area (Å²) < 4.78 is 0. The minimum Gasteiger partial charge on any atom is -0.357 e. The molecule has 7 nitrogen and oxygen atoms in total. The van der Waals surface area contributed by atoms with Crippen LogP contribution in [-0.4, -0.2) is 42.9 Å². The molecule has 0 heterocycles. The normalized spacial score (nSPS) is 11.7. The van der Waals surface area contributed by atoms with E-state index in [9.17, 15) is 9.59 Å². The number of halogens is 1. The van der Waals surface area contributed by atoms with Gasteiger partial charge in [-0.1, -0.05) is 17.7 Å². The molecular weight excluding hydrogens is 366 g/mol. The predicted octanol–water partition coefficient (Wildman–Crippen LogP) is 2.45. The number of benzene rings is 1. The number of rotatable bonds is 7. The standard InChI is InChI=1S/C19H30ClN5O2/c1-6-21-18(23-12-17(27)25-19(3,4)5)22-11-10-16(26)24-15-9-7-8-14(20)13(15)2/h7-9H,6,10-12H2,1-5H3,(H,24,26)(H,25,27)(H2,21,22,23). The molecule has 8 heteroatoms. The van der Waals surface area contributed by atoms with Crippen molar-refractivity contribution in [3.05, 3.63) is 28.8 Å². The summed E-state index contributed by atoms with van der Waals surface area (Å²) in [6.07, 6.45) is 0.255. The number of hydrogen-bond acceptors (Lipinski definition) is 3. The lowest BCUT2D eigenvalue weighted by Crippen LogP contribution is -2.43. The zero-order chi connectivity index (χ0) is 20.4. The second-order valence-electron chi connectivity index (χ2n) is 7.13. The molecule has 0 aliphatic carbocycles. The number of guanidine groups is 1. The van der Waals surface area contributed by atoms with Crippen molar-refractivity contribution in [2.24, 2.45) is 4.99 Å². The van der Waals surface area contributed by atoms with Crippen molar-refractivity contribution < 1.29 is 9.59 Å². The molecule has 27 heavy (non-hydrogen) atoms. The number of amides is 2. The Balaban J connectivity index is 2.49. The molecule has 0 spiro atoms. The number of carbonyl (C=O) groups is 2. The first kappa shape index (κ1) is 22.8. The first-order valence-electron chi connectivity index (χ1n) is 9.00. The minimum atomic E-state index is -0.297. The van der Waals surface area contributed by atoms with Gasteiger partial charge in [-0.2, -0.15) is 0 Å². The fourth-order valence-electron chi connectivity index (χ4n) is 2.20. The summed E-state index contributed by atoms with van der Waals surface area (Å²) in [4.78, 5) is 28.2. The van der Waals surface area contributed by atoms with E-state index in [1.165, 1.54) is 0 Å². The molecule has 0 atom stereocenters. The van der Waals surface area contributed by atoms with E-state index < -0.39 is 0 Å². The van der Waals surface area contributed by atoms with Gasteiger partial charge in [0.2, 0.25) is 11.8 Å². The van der Waals surface area contributed by atoms with E-state index in [-0.39, 0.29) is 30.3 Å². The molecule has 1 aromatic rings. The third-order valence-electron chi connectivity index (χ3n) is 3.43. The van der Waals surface area contributed by atoms with Crippen molar-refractivity contribution in [2.45, 2.75) is 46.6 Å². The lowest BCUT2D eigenvalue weighted by Gasteiger charge is -2.20. The highest BCUT2D eigenvalue weighted by Crippen LogP contribution is 2.22. The maximum absolute atomic E-state index is 12.1. The molecule has 150 valence electrons. The zero-order valence-corrected chi connectivity index (χ0v) is 17.5. The Hall–Kier alpha value is -2.28. The smallest absolute Gasteiger partial charge is 0.242 e. The predicted molar refractivity (Wildman–Crippen MR) is 111 cm³/mol. The molecule has 0 radical (unpaired) electrons. The maximum Gasteiger partial charge on any atom is 0.242 e. The van der Waals surface area contributed by atoms with Crippen LogP contribution in [-0.2, 0) is 9.59 Å². The van der Waals surface area contributed by atoms with Gasteiger partial charge in [0.25, 0.3) is 0 Å². The van der Waals surface area contributed by atoms with E-state index in [1.807, 2.05) is 40.7 Å². The van der Waals surface area contributed by atoms with Gasteiger partial charge in [0.05, 0.1) is 0 Å². The van der Waals surface area contributed by atoms with Gasteiger partial charge >= 0.3 is 0 Å². The Kier molecular flexibility index (Phi) is 9.08. The number of aliphatic imine (C=N–C) groups is 1. The molecule has 0 saturated heterocycles. The van der Waals surface area contributed by atoms with Crippen LogP contribution >= 0.6 is 11.6 Å². The van der Waals surface area contributed by atoms with Crippen molar-refractivity contribution in [1.29, 1.82) is 0 Å². The second-order valence-corrected chi connectivity index (χ2v) is 7.54. The van der Waals surface area contributed by atoms with Crippen LogP contribution in [0.4, 0.5) is 5.69 Å². The molecule has 0 saturated carbocycles. The lowest BCUT2D eigenvalue weighted by molar-refractivity contribution is -0.121. The second kappa shape index (κ2) is 10.8. The topological polar surface area (TPSA) is 94.6 Å². The van der Waals surface area contributed by atoms with E-state index in [1.54, 1.807) is 12.1 Å². The summed E-state index contributed by atoms with van der Waals surface area (Å²) in [5, 5.41) is 12.4. The number of nitrogens with one attached hydrogen (secondary N) is 4. The van der Waals surface area contributed by atoms with E-state index in [2.05, 4.69) is 26.3 Å². The van der Waals surface area contributed by atoms with Gasteiger partial charge in [0.1, 0.15) is 6.54 Å². The fourth-order valence-corrected chi connectivity index (χ4v) is 2.37. The summed E-state index contributed by atoms with van der Waals surface area (Å²) in [5.41, 5.74) is 1.24. The van der Waals surface area contributed by atoms with Gasteiger partial charge in [-0.25, -0.2) is 4.99 Å². The Labute approximate surface area is 166 Å².